The number of nitrogens with one attached hydrogen (secondary N) is 2. The van der Waals surface area contributed by atoms with E-state index in [2.05, 4.69) is 10.6 Å². The second-order valence-electron chi connectivity index (χ2n) is 7.69. The number of nitrogens with two attached hydrogens (primary N) is 1. The van der Waals surface area contributed by atoms with Crippen LogP contribution in [0.5, 0.6) is 0 Å². The van der Waals surface area contributed by atoms with E-state index < -0.39 is 34.7 Å². The third kappa shape index (κ3) is 6.61. The highest BCUT2D eigenvalue weighted by Gasteiger charge is 2.34. The van der Waals surface area contributed by atoms with Gasteiger partial charge in [0.2, 0.25) is 11.8 Å². The average molecular weight is 498 g/mol. The molecule has 182 valence electrons. The Hall–Kier alpha value is -3.31. The van der Waals surface area contributed by atoms with E-state index >= 15 is 0 Å². The van der Waals surface area contributed by atoms with Crippen molar-refractivity contribution in [3.8, 4) is 0 Å². The zero-order valence-corrected chi connectivity index (χ0v) is 18.7. The molecule has 2 aromatic rings. The monoisotopic (exact) mass is 497 g/mol. The summed E-state index contributed by atoms with van der Waals surface area (Å²) in [5.41, 5.74) is 4.78. The largest absolute Gasteiger partial charge is 0.417 e. The van der Waals surface area contributed by atoms with Crippen molar-refractivity contribution in [3.63, 3.8) is 0 Å². The zero-order chi connectivity index (χ0) is 24.9. The molecule has 0 spiro atoms. The van der Waals surface area contributed by atoms with Crippen molar-refractivity contribution in [3.05, 3.63) is 64.7 Å². The minimum atomic E-state index is -4.64. The Morgan fingerprint density at radius 2 is 1.68 bits per heavy atom. The molecule has 4 N–H and O–H groups in total. The highest BCUT2D eigenvalue weighted by Crippen LogP contribution is 2.36. The standard InChI is InChI=1S/C22H23ClF3N5O3/c23-17-7-6-15(12-16(17)22(24,25)26)28-18(32)13-30-8-10-31(11-9-30)20(33)19(29-21(27)34)14-4-2-1-3-5-14/h1-7,12,19H,8-11,13H2,(H,28,32)(H3,27,29,34)/t19-/m1/s1. The summed E-state index contributed by atoms with van der Waals surface area (Å²) < 4.78 is 39.0. The number of carbonyl (C=O) groups excluding carboxylic acids is 3. The van der Waals surface area contributed by atoms with E-state index in [4.69, 9.17) is 17.3 Å². The number of halogens is 4. The lowest BCUT2D eigenvalue weighted by atomic mass is 10.1. The molecule has 34 heavy (non-hydrogen) atoms. The van der Waals surface area contributed by atoms with Crippen LogP contribution in [0, 0.1) is 0 Å². The van der Waals surface area contributed by atoms with Crippen molar-refractivity contribution in [2.75, 3.05) is 38.0 Å². The Labute approximate surface area is 198 Å². The number of piperazine rings is 1. The molecular formula is C22H23ClF3N5O3. The van der Waals surface area contributed by atoms with Gasteiger partial charge in [0, 0.05) is 31.9 Å². The number of urea groups is 1. The fraction of sp³-hybridized carbons (Fsp3) is 0.318. The first-order valence-corrected chi connectivity index (χ1v) is 10.7. The summed E-state index contributed by atoms with van der Waals surface area (Å²) in [6, 6.07) is 10.1. The molecule has 2 aromatic carbocycles. The van der Waals surface area contributed by atoms with Gasteiger partial charge in [-0.05, 0) is 23.8 Å². The molecule has 0 aliphatic carbocycles. The van der Waals surface area contributed by atoms with Crippen LogP contribution in [-0.2, 0) is 15.8 Å². The van der Waals surface area contributed by atoms with E-state index in [-0.39, 0.29) is 18.1 Å². The van der Waals surface area contributed by atoms with Gasteiger partial charge in [0.15, 0.2) is 0 Å². The summed E-state index contributed by atoms with van der Waals surface area (Å²) in [7, 11) is 0. The van der Waals surface area contributed by atoms with Crippen molar-refractivity contribution in [2.24, 2.45) is 5.73 Å². The number of anilines is 1. The van der Waals surface area contributed by atoms with E-state index in [1.165, 1.54) is 6.07 Å². The van der Waals surface area contributed by atoms with E-state index in [1.807, 2.05) is 0 Å². The van der Waals surface area contributed by atoms with Gasteiger partial charge in [0.05, 0.1) is 17.1 Å². The molecule has 1 atom stereocenters. The molecule has 0 radical (unpaired) electrons. The van der Waals surface area contributed by atoms with E-state index in [0.717, 1.165) is 12.1 Å². The van der Waals surface area contributed by atoms with Crippen LogP contribution in [0.15, 0.2) is 48.5 Å². The fourth-order valence-corrected chi connectivity index (χ4v) is 3.83. The summed E-state index contributed by atoms with van der Waals surface area (Å²) in [5.74, 6) is -0.817. The van der Waals surface area contributed by atoms with Gasteiger partial charge in [-0.15, -0.1) is 0 Å². The molecule has 0 aromatic heterocycles. The third-order valence-corrected chi connectivity index (χ3v) is 5.60. The molecule has 1 aliphatic rings. The maximum absolute atomic E-state index is 13.0. The van der Waals surface area contributed by atoms with E-state index in [0.29, 0.717) is 31.7 Å². The predicted octanol–water partition coefficient (Wildman–Crippen LogP) is 2.85. The highest BCUT2D eigenvalue weighted by atomic mass is 35.5. The molecular weight excluding hydrogens is 475 g/mol. The number of nitrogens with zero attached hydrogens (tertiary/aromatic N) is 2. The molecule has 12 heteroatoms. The van der Waals surface area contributed by atoms with Crippen molar-refractivity contribution in [1.29, 1.82) is 0 Å². The van der Waals surface area contributed by atoms with Crippen LogP contribution in [0.1, 0.15) is 17.2 Å². The first kappa shape index (κ1) is 25.3. The fourth-order valence-electron chi connectivity index (χ4n) is 3.61. The van der Waals surface area contributed by atoms with Crippen LogP contribution >= 0.6 is 11.6 Å². The summed E-state index contributed by atoms with van der Waals surface area (Å²) in [6.45, 7) is 1.27. The Bertz CT molecular complexity index is 1040. The molecule has 0 saturated carbocycles. The van der Waals surface area contributed by atoms with Crippen LogP contribution in [0.3, 0.4) is 0 Å². The number of alkyl halides is 3. The van der Waals surface area contributed by atoms with Crippen molar-refractivity contribution >= 4 is 35.1 Å². The molecule has 4 amide bonds. The number of primary amides is 1. The van der Waals surface area contributed by atoms with E-state index in [9.17, 15) is 27.6 Å². The van der Waals surface area contributed by atoms with E-state index in [1.54, 1.807) is 40.1 Å². The van der Waals surface area contributed by atoms with Crippen LogP contribution in [0.4, 0.5) is 23.7 Å². The summed E-state index contributed by atoms with van der Waals surface area (Å²) in [5, 5.41) is 4.45. The van der Waals surface area contributed by atoms with Crippen molar-refractivity contribution in [1.82, 2.24) is 15.1 Å². The minimum absolute atomic E-state index is 0.0150. The number of benzene rings is 2. The summed E-state index contributed by atoms with van der Waals surface area (Å²) >= 11 is 5.60. The number of rotatable bonds is 6. The molecule has 1 heterocycles. The maximum atomic E-state index is 13.0. The Balaban J connectivity index is 1.56. The Kier molecular flexibility index (Phi) is 8.00. The molecule has 8 nitrogen and oxygen atoms in total. The van der Waals surface area contributed by atoms with Gasteiger partial charge >= 0.3 is 12.2 Å². The van der Waals surface area contributed by atoms with Gasteiger partial charge in [-0.3, -0.25) is 14.5 Å². The van der Waals surface area contributed by atoms with Crippen molar-refractivity contribution in [2.45, 2.75) is 12.2 Å². The van der Waals surface area contributed by atoms with Gasteiger partial charge in [-0.2, -0.15) is 13.2 Å². The molecule has 0 unspecified atom stereocenters. The molecule has 1 fully saturated rings. The molecule has 1 saturated heterocycles. The maximum Gasteiger partial charge on any atom is 0.417 e. The lowest BCUT2D eigenvalue weighted by molar-refractivity contribution is -0.137. The molecule has 0 bridgehead atoms. The van der Waals surface area contributed by atoms with Gasteiger partial charge in [0.25, 0.3) is 0 Å². The normalized spacial score (nSPS) is 15.5. The average Bonchev–Trinajstić information content (AvgIpc) is 2.78. The zero-order valence-electron chi connectivity index (χ0n) is 17.9. The van der Waals surface area contributed by atoms with Gasteiger partial charge in [-0.1, -0.05) is 41.9 Å². The second kappa shape index (κ2) is 10.7. The summed E-state index contributed by atoms with van der Waals surface area (Å²) in [4.78, 5) is 40.1. The number of hydrogen-bond donors (Lipinski definition) is 3. The third-order valence-electron chi connectivity index (χ3n) is 5.27. The predicted molar refractivity (Wildman–Crippen MR) is 120 cm³/mol. The van der Waals surface area contributed by atoms with Gasteiger partial charge < -0.3 is 21.3 Å². The van der Waals surface area contributed by atoms with Gasteiger partial charge in [-0.25, -0.2) is 4.79 Å². The van der Waals surface area contributed by atoms with Crippen molar-refractivity contribution < 1.29 is 27.6 Å². The highest BCUT2D eigenvalue weighted by molar-refractivity contribution is 6.31. The first-order valence-electron chi connectivity index (χ1n) is 10.3. The number of carbonyl (C=O) groups is 3. The lowest BCUT2D eigenvalue weighted by Gasteiger charge is -2.36. The van der Waals surface area contributed by atoms with Crippen LogP contribution in [0.25, 0.3) is 0 Å². The minimum Gasteiger partial charge on any atom is -0.352 e. The SMILES string of the molecule is NC(=O)N[C@@H](C(=O)N1CCN(CC(=O)Nc2ccc(Cl)c(C(F)(F)F)c2)CC1)c1ccccc1. The topological polar surface area (TPSA) is 108 Å². The quantitative estimate of drug-likeness (QED) is 0.570. The number of amides is 4. The Morgan fingerprint density at radius 1 is 1.03 bits per heavy atom. The molecule has 1 aliphatic heterocycles. The summed E-state index contributed by atoms with van der Waals surface area (Å²) in [6.07, 6.45) is -4.64. The second-order valence-corrected chi connectivity index (χ2v) is 8.10. The lowest BCUT2D eigenvalue weighted by Crippen LogP contribution is -2.53. The Morgan fingerprint density at radius 3 is 2.26 bits per heavy atom. The van der Waals surface area contributed by atoms with Gasteiger partial charge in [0.1, 0.15) is 6.04 Å². The van der Waals surface area contributed by atoms with Crippen LogP contribution in [0.2, 0.25) is 5.02 Å². The smallest absolute Gasteiger partial charge is 0.352 e. The first-order chi connectivity index (χ1) is 16.0. The molecule has 3 rings (SSSR count). The van der Waals surface area contributed by atoms with Crippen LogP contribution in [-0.4, -0.2) is 60.4 Å². The van der Waals surface area contributed by atoms with Crippen LogP contribution < -0.4 is 16.4 Å². The number of hydrogen-bond acceptors (Lipinski definition) is 4.